The maximum atomic E-state index is 12.9. The van der Waals surface area contributed by atoms with E-state index in [2.05, 4.69) is 17.1 Å². The molecule has 2 aliphatic heterocycles. The lowest BCUT2D eigenvalue weighted by Crippen LogP contribution is -2.46. The minimum absolute atomic E-state index is 0.0421. The second-order valence-corrected chi connectivity index (χ2v) is 10.1. The van der Waals surface area contributed by atoms with E-state index in [9.17, 15) is 14.7 Å². The Labute approximate surface area is 191 Å². The Bertz CT molecular complexity index is 854. The van der Waals surface area contributed by atoms with Crippen molar-refractivity contribution >= 4 is 17.6 Å². The van der Waals surface area contributed by atoms with Crippen LogP contribution in [-0.2, 0) is 4.79 Å². The summed E-state index contributed by atoms with van der Waals surface area (Å²) >= 11 is 0. The molecule has 2 heterocycles. The highest BCUT2D eigenvalue weighted by Crippen LogP contribution is 2.53. The summed E-state index contributed by atoms with van der Waals surface area (Å²) < 4.78 is 0. The average molecular weight is 443 g/mol. The van der Waals surface area contributed by atoms with Crippen LogP contribution in [-0.4, -0.2) is 83.2 Å². The van der Waals surface area contributed by atoms with Gasteiger partial charge in [0.2, 0.25) is 5.91 Å². The molecule has 2 atom stereocenters. The van der Waals surface area contributed by atoms with Crippen LogP contribution in [0.3, 0.4) is 0 Å². The molecule has 1 aliphatic carbocycles. The number of nitrogens with zero attached hydrogens (tertiary/aromatic N) is 3. The van der Waals surface area contributed by atoms with E-state index in [1.165, 1.54) is 18.4 Å². The lowest BCUT2D eigenvalue weighted by Gasteiger charge is -2.36. The molecule has 176 valence electrons. The van der Waals surface area contributed by atoms with Crippen LogP contribution in [0.1, 0.15) is 50.2 Å². The van der Waals surface area contributed by atoms with Crippen molar-refractivity contribution in [1.29, 1.82) is 0 Å². The number of amides is 3. The van der Waals surface area contributed by atoms with Gasteiger partial charge < -0.3 is 25.1 Å². The number of β-amino-alcohol motifs (C(OH)–C–C–N with tert-alkyl or cyclic N) is 1. The topological polar surface area (TPSA) is 76.1 Å². The van der Waals surface area contributed by atoms with Crippen molar-refractivity contribution in [2.45, 2.75) is 65.0 Å². The third kappa shape index (κ3) is 5.09. The number of benzene rings is 1. The fraction of sp³-hybridized carbons (Fsp3) is 0.680. The van der Waals surface area contributed by atoms with E-state index in [1.807, 2.05) is 36.9 Å². The summed E-state index contributed by atoms with van der Waals surface area (Å²) in [6.07, 6.45) is 4.51. The number of aryl methyl sites for hydroxylation is 2. The Morgan fingerprint density at radius 1 is 1.12 bits per heavy atom. The Hall–Kier alpha value is -2.12. The van der Waals surface area contributed by atoms with Crippen molar-refractivity contribution in [3.05, 3.63) is 29.3 Å². The maximum absolute atomic E-state index is 12.9. The zero-order valence-corrected chi connectivity index (χ0v) is 19.8. The molecule has 2 saturated heterocycles. The van der Waals surface area contributed by atoms with Gasteiger partial charge in [-0.2, -0.15) is 0 Å². The van der Waals surface area contributed by atoms with Gasteiger partial charge >= 0.3 is 6.03 Å². The van der Waals surface area contributed by atoms with Crippen molar-refractivity contribution in [3.8, 4) is 0 Å². The molecule has 3 aliphatic rings. The summed E-state index contributed by atoms with van der Waals surface area (Å²) in [6, 6.07) is 5.72. The van der Waals surface area contributed by atoms with Gasteiger partial charge in [-0.05, 0) is 88.2 Å². The highest BCUT2D eigenvalue weighted by molar-refractivity contribution is 5.90. The first kappa shape index (κ1) is 23.1. The molecule has 0 bridgehead atoms. The average Bonchev–Trinajstić information content (AvgIpc) is 3.54. The van der Waals surface area contributed by atoms with Crippen LogP contribution in [0.15, 0.2) is 18.2 Å². The highest BCUT2D eigenvalue weighted by atomic mass is 16.3. The normalized spacial score (nSPS) is 25.7. The summed E-state index contributed by atoms with van der Waals surface area (Å²) in [5, 5.41) is 13.4. The van der Waals surface area contributed by atoms with Crippen LogP contribution in [0.25, 0.3) is 0 Å². The molecule has 3 amide bonds. The van der Waals surface area contributed by atoms with Crippen LogP contribution >= 0.6 is 0 Å². The fourth-order valence-corrected chi connectivity index (χ4v) is 5.16. The number of hydrogen-bond acceptors (Lipinski definition) is 4. The largest absolute Gasteiger partial charge is 0.391 e. The first-order valence-corrected chi connectivity index (χ1v) is 12.1. The van der Waals surface area contributed by atoms with Crippen LogP contribution in [0.4, 0.5) is 10.5 Å². The predicted octanol–water partition coefficient (Wildman–Crippen LogP) is 3.00. The minimum Gasteiger partial charge on any atom is -0.391 e. The number of aliphatic hydroxyl groups excluding tert-OH is 1. The van der Waals surface area contributed by atoms with Crippen LogP contribution in [0.2, 0.25) is 0 Å². The number of nitrogens with one attached hydrogen (secondary N) is 1. The smallest absolute Gasteiger partial charge is 0.322 e. The van der Waals surface area contributed by atoms with E-state index in [1.54, 1.807) is 4.90 Å². The number of urea groups is 1. The SMILES string of the molecule is Cc1ccc(NC(=O)N2CCC(=O)N(CCCN3CCC4(CC4)[C@H](O)C3)C[C@H]2C)cc1C. The van der Waals surface area contributed by atoms with E-state index < -0.39 is 0 Å². The standard InChI is InChI=1S/C25H38N4O3/c1-18-5-6-21(15-19(18)2)26-24(32)29-13-7-23(31)28(16-20(29)3)12-4-11-27-14-10-25(8-9-25)22(30)17-27/h5-6,15,20,22,30H,4,7-14,16-17H2,1-3H3,(H,26,32)/t20-,22-/m1/s1. The zero-order chi connectivity index (χ0) is 22.9. The van der Waals surface area contributed by atoms with Crippen molar-refractivity contribution in [1.82, 2.24) is 14.7 Å². The molecule has 0 radical (unpaired) electrons. The van der Waals surface area contributed by atoms with E-state index in [0.717, 1.165) is 43.7 Å². The maximum Gasteiger partial charge on any atom is 0.322 e. The van der Waals surface area contributed by atoms with Gasteiger partial charge in [-0.15, -0.1) is 0 Å². The Morgan fingerprint density at radius 2 is 1.91 bits per heavy atom. The number of anilines is 1. The van der Waals surface area contributed by atoms with Gasteiger partial charge in [0.25, 0.3) is 0 Å². The molecule has 1 saturated carbocycles. The van der Waals surface area contributed by atoms with Gasteiger partial charge in [-0.1, -0.05) is 6.07 Å². The second kappa shape index (κ2) is 9.40. The monoisotopic (exact) mass is 442 g/mol. The third-order valence-electron chi connectivity index (χ3n) is 7.81. The molecule has 1 aromatic carbocycles. The molecule has 1 spiro atoms. The Balaban J connectivity index is 1.26. The van der Waals surface area contributed by atoms with Crippen molar-refractivity contribution in [2.75, 3.05) is 44.6 Å². The molecule has 0 aromatic heterocycles. The summed E-state index contributed by atoms with van der Waals surface area (Å²) in [5.41, 5.74) is 3.35. The van der Waals surface area contributed by atoms with Crippen molar-refractivity contribution in [2.24, 2.45) is 5.41 Å². The lowest BCUT2D eigenvalue weighted by atomic mass is 9.90. The van der Waals surface area contributed by atoms with Crippen LogP contribution in [0.5, 0.6) is 0 Å². The fourth-order valence-electron chi connectivity index (χ4n) is 5.16. The number of carbonyl (C=O) groups excluding carboxylic acids is 2. The van der Waals surface area contributed by atoms with Gasteiger partial charge in [0.05, 0.1) is 6.10 Å². The van der Waals surface area contributed by atoms with Gasteiger partial charge in [-0.25, -0.2) is 4.79 Å². The molecule has 7 heteroatoms. The Kier molecular flexibility index (Phi) is 6.77. The number of aliphatic hydroxyl groups is 1. The number of rotatable bonds is 5. The Morgan fingerprint density at radius 3 is 2.59 bits per heavy atom. The highest BCUT2D eigenvalue weighted by Gasteiger charge is 2.51. The molecular formula is C25H38N4O3. The molecule has 32 heavy (non-hydrogen) atoms. The molecule has 1 aromatic rings. The van der Waals surface area contributed by atoms with Gasteiger partial charge in [0.15, 0.2) is 0 Å². The zero-order valence-electron chi connectivity index (χ0n) is 19.8. The van der Waals surface area contributed by atoms with Crippen molar-refractivity contribution < 1.29 is 14.7 Å². The predicted molar refractivity (Wildman–Crippen MR) is 126 cm³/mol. The first-order valence-electron chi connectivity index (χ1n) is 12.1. The summed E-state index contributed by atoms with van der Waals surface area (Å²) in [6.45, 7) is 10.5. The van der Waals surface area contributed by atoms with E-state index in [-0.39, 0.29) is 29.5 Å². The minimum atomic E-state index is -0.194. The number of piperidine rings is 1. The molecule has 4 rings (SSSR count). The van der Waals surface area contributed by atoms with Gasteiger partial charge in [-0.3, -0.25) is 4.79 Å². The summed E-state index contributed by atoms with van der Waals surface area (Å²) in [5.74, 6) is 0.119. The first-order chi connectivity index (χ1) is 15.3. The van der Waals surface area contributed by atoms with Crippen molar-refractivity contribution in [3.63, 3.8) is 0 Å². The molecule has 0 unspecified atom stereocenters. The second-order valence-electron chi connectivity index (χ2n) is 10.1. The summed E-state index contributed by atoms with van der Waals surface area (Å²) in [4.78, 5) is 31.6. The van der Waals surface area contributed by atoms with Gasteiger partial charge in [0.1, 0.15) is 0 Å². The lowest BCUT2D eigenvalue weighted by molar-refractivity contribution is -0.130. The number of hydrogen-bond donors (Lipinski definition) is 2. The van der Waals surface area contributed by atoms with Crippen LogP contribution in [0, 0.1) is 19.3 Å². The number of likely N-dealkylation sites (tertiary alicyclic amines) is 1. The van der Waals surface area contributed by atoms with E-state index in [0.29, 0.717) is 26.1 Å². The van der Waals surface area contributed by atoms with Crippen LogP contribution < -0.4 is 5.32 Å². The van der Waals surface area contributed by atoms with Gasteiger partial charge in [0, 0.05) is 44.3 Å². The quantitative estimate of drug-likeness (QED) is 0.735. The molecule has 3 fully saturated rings. The molecule has 2 N–H and O–H groups in total. The molecular weight excluding hydrogens is 404 g/mol. The number of carbonyl (C=O) groups is 2. The third-order valence-corrected chi connectivity index (χ3v) is 7.81. The van der Waals surface area contributed by atoms with E-state index in [4.69, 9.17) is 0 Å². The molecule has 7 nitrogen and oxygen atoms in total. The van der Waals surface area contributed by atoms with E-state index >= 15 is 0 Å². The summed E-state index contributed by atoms with van der Waals surface area (Å²) in [7, 11) is 0.